The van der Waals surface area contributed by atoms with Crippen LogP contribution in [0.15, 0.2) is 0 Å². The fourth-order valence-corrected chi connectivity index (χ4v) is 5.24. The van der Waals surface area contributed by atoms with Gasteiger partial charge >= 0.3 is 5.97 Å². The molecule has 0 bridgehead atoms. The molecule has 2 rings (SSSR count). The van der Waals surface area contributed by atoms with E-state index in [1.807, 2.05) is 0 Å². The molecule has 2 saturated carbocycles. The maximum Gasteiger partial charge on any atom is 0.302 e. The molecular weight excluding hydrogens is 455 g/mol. The molecule has 0 saturated heterocycles. The molecule has 6 heteroatoms. The van der Waals surface area contributed by atoms with Crippen LogP contribution in [0.4, 0.5) is 0 Å². The molecule has 2 fully saturated rings. The Hall–Kier alpha value is -0.0656. The SMILES string of the molecule is CC(=O)OCCOC(C)C1CCCC(C)(C)C1.CC(OCCO)C1CCCC(C)(C)C1.[CH3-].[V]. The molecule has 1 radical (unpaired) electrons. The number of hydrogen-bond donors (Lipinski definition) is 1. The van der Waals surface area contributed by atoms with E-state index in [1.165, 1.54) is 58.3 Å². The average molecular weight is 509 g/mol. The molecule has 0 heterocycles. The summed E-state index contributed by atoms with van der Waals surface area (Å²) in [7, 11) is 0. The summed E-state index contributed by atoms with van der Waals surface area (Å²) < 4.78 is 16.2. The topological polar surface area (TPSA) is 65.0 Å². The maximum absolute atomic E-state index is 10.6. The number of carbonyl (C=O) groups excluding carboxylic acids is 1. The van der Waals surface area contributed by atoms with E-state index >= 15 is 0 Å². The molecule has 0 aromatic rings. The summed E-state index contributed by atoms with van der Waals surface area (Å²) in [6.07, 6.45) is 10.9. The van der Waals surface area contributed by atoms with E-state index < -0.39 is 0 Å². The molecule has 0 aliphatic heterocycles. The van der Waals surface area contributed by atoms with Gasteiger partial charge in [0.15, 0.2) is 0 Å². The average Bonchev–Trinajstić information content (AvgIpc) is 2.68. The first-order chi connectivity index (χ1) is 14.5. The zero-order valence-corrected chi connectivity index (χ0v) is 24.2. The Bertz CT molecular complexity index is 509. The van der Waals surface area contributed by atoms with Crippen LogP contribution in [0, 0.1) is 30.1 Å². The molecular formula is C27H53O5V-. The second-order valence-corrected chi connectivity index (χ2v) is 11.3. The third kappa shape index (κ3) is 15.5. The van der Waals surface area contributed by atoms with Gasteiger partial charge in [-0.25, -0.2) is 0 Å². The van der Waals surface area contributed by atoms with Gasteiger partial charge in [-0.05, 0) is 75.0 Å². The summed E-state index contributed by atoms with van der Waals surface area (Å²) in [5, 5.41) is 8.69. The van der Waals surface area contributed by atoms with E-state index in [-0.39, 0.29) is 44.7 Å². The minimum atomic E-state index is -0.236. The number of esters is 1. The third-order valence-corrected chi connectivity index (χ3v) is 7.06. The molecule has 0 aromatic carbocycles. The van der Waals surface area contributed by atoms with Crippen LogP contribution in [0.1, 0.15) is 99.8 Å². The van der Waals surface area contributed by atoms with Gasteiger partial charge in [0.05, 0.1) is 32.0 Å². The van der Waals surface area contributed by atoms with Gasteiger partial charge in [-0.1, -0.05) is 40.5 Å². The maximum atomic E-state index is 10.6. The smallest absolute Gasteiger partial charge is 0.302 e. The number of aliphatic hydroxyl groups excluding tert-OH is 1. The zero-order valence-electron chi connectivity index (χ0n) is 22.8. The van der Waals surface area contributed by atoms with Crippen LogP contribution in [0.3, 0.4) is 0 Å². The number of hydrogen-bond acceptors (Lipinski definition) is 5. The quantitative estimate of drug-likeness (QED) is 0.228. The molecule has 1 N–H and O–H groups in total. The van der Waals surface area contributed by atoms with Gasteiger partial charge in [0, 0.05) is 25.5 Å². The van der Waals surface area contributed by atoms with Crippen molar-refractivity contribution in [3.8, 4) is 0 Å². The standard InChI is InChI=1S/C14H26O3.C12H24O2.CH3.V/c1-11(16-8-9-17-12(2)15)13-6-5-7-14(3,4)10-13;1-10(14-8-7-13)11-5-4-6-12(2,3)9-11;;/h11,13H,5-10H2,1-4H3;10-11,13H,4-9H2,1-3H3;1H3;/q;;-1;. The van der Waals surface area contributed by atoms with Crippen molar-refractivity contribution in [1.29, 1.82) is 0 Å². The van der Waals surface area contributed by atoms with Gasteiger partial charge in [0.25, 0.3) is 0 Å². The molecule has 4 unspecified atom stereocenters. The third-order valence-electron chi connectivity index (χ3n) is 7.06. The van der Waals surface area contributed by atoms with Gasteiger partial charge in [0.1, 0.15) is 6.61 Å². The van der Waals surface area contributed by atoms with E-state index in [9.17, 15) is 4.79 Å². The Morgan fingerprint density at radius 1 is 0.879 bits per heavy atom. The number of carbonyl (C=O) groups is 1. The van der Waals surface area contributed by atoms with Gasteiger partial charge < -0.3 is 26.7 Å². The van der Waals surface area contributed by atoms with Crippen molar-refractivity contribution < 1.29 is 42.7 Å². The monoisotopic (exact) mass is 508 g/mol. The molecule has 197 valence electrons. The largest absolute Gasteiger partial charge is 0.463 e. The van der Waals surface area contributed by atoms with Crippen molar-refractivity contribution in [3.05, 3.63) is 7.43 Å². The Balaban J connectivity index is 0. The van der Waals surface area contributed by atoms with Crippen molar-refractivity contribution in [2.24, 2.45) is 22.7 Å². The zero-order chi connectivity index (χ0) is 23.5. The van der Waals surface area contributed by atoms with Crippen molar-refractivity contribution in [2.45, 2.75) is 112 Å². The van der Waals surface area contributed by atoms with Crippen molar-refractivity contribution in [3.63, 3.8) is 0 Å². The second-order valence-electron chi connectivity index (χ2n) is 11.3. The van der Waals surface area contributed by atoms with Gasteiger partial charge in [0.2, 0.25) is 0 Å². The van der Waals surface area contributed by atoms with Crippen LogP contribution >= 0.6 is 0 Å². The fourth-order valence-electron chi connectivity index (χ4n) is 5.24. The predicted octanol–water partition coefficient (Wildman–Crippen LogP) is 6.22. The minimum absolute atomic E-state index is 0. The Kier molecular flexibility index (Phi) is 18.5. The summed E-state index contributed by atoms with van der Waals surface area (Å²) >= 11 is 0. The van der Waals surface area contributed by atoms with Crippen LogP contribution in [0.2, 0.25) is 0 Å². The summed E-state index contributed by atoms with van der Waals surface area (Å²) in [6, 6.07) is 0. The fraction of sp³-hybridized carbons (Fsp3) is 0.926. The van der Waals surface area contributed by atoms with E-state index in [1.54, 1.807) is 0 Å². The molecule has 33 heavy (non-hydrogen) atoms. The first-order valence-electron chi connectivity index (χ1n) is 12.4. The predicted molar refractivity (Wildman–Crippen MR) is 132 cm³/mol. The van der Waals surface area contributed by atoms with Crippen molar-refractivity contribution in [1.82, 2.24) is 0 Å². The van der Waals surface area contributed by atoms with Gasteiger partial charge in [-0.3, -0.25) is 4.79 Å². The van der Waals surface area contributed by atoms with Crippen molar-refractivity contribution >= 4 is 5.97 Å². The number of aliphatic hydroxyl groups is 1. The van der Waals surface area contributed by atoms with Gasteiger partial charge in [-0.15, -0.1) is 0 Å². The minimum Gasteiger partial charge on any atom is -0.463 e. The first-order valence-corrected chi connectivity index (χ1v) is 12.4. The summed E-state index contributed by atoms with van der Waals surface area (Å²) in [6.45, 7) is 16.6. The first kappa shape index (κ1) is 35.1. The van der Waals surface area contributed by atoms with Crippen LogP contribution in [-0.4, -0.2) is 49.7 Å². The van der Waals surface area contributed by atoms with Crippen LogP contribution < -0.4 is 0 Å². The number of rotatable bonds is 9. The van der Waals surface area contributed by atoms with Gasteiger partial charge in [-0.2, -0.15) is 0 Å². The molecule has 0 spiro atoms. The van der Waals surface area contributed by atoms with Crippen LogP contribution in [-0.2, 0) is 37.6 Å². The van der Waals surface area contributed by atoms with E-state index in [2.05, 4.69) is 41.5 Å². The molecule has 0 aromatic heterocycles. The van der Waals surface area contributed by atoms with E-state index in [0.717, 1.165) is 0 Å². The summed E-state index contributed by atoms with van der Waals surface area (Å²) in [5.74, 6) is 1.10. The Morgan fingerprint density at radius 2 is 1.30 bits per heavy atom. The van der Waals surface area contributed by atoms with E-state index in [4.69, 9.17) is 19.3 Å². The normalized spacial score (nSPS) is 25.2. The summed E-state index contributed by atoms with van der Waals surface area (Å²) in [4.78, 5) is 10.6. The molecule has 4 atom stereocenters. The van der Waals surface area contributed by atoms with E-state index in [0.29, 0.717) is 48.6 Å². The Labute approximate surface area is 217 Å². The Morgan fingerprint density at radius 3 is 1.67 bits per heavy atom. The van der Waals surface area contributed by atoms with Crippen LogP contribution in [0.25, 0.3) is 0 Å². The molecule has 2 aliphatic rings. The van der Waals surface area contributed by atoms with Crippen LogP contribution in [0.5, 0.6) is 0 Å². The molecule has 5 nitrogen and oxygen atoms in total. The molecule has 2 aliphatic carbocycles. The molecule has 0 amide bonds. The summed E-state index contributed by atoms with van der Waals surface area (Å²) in [5.41, 5.74) is 0.941. The number of ether oxygens (including phenoxy) is 3. The second kappa shape index (κ2) is 17.4. The van der Waals surface area contributed by atoms with Crippen molar-refractivity contribution in [2.75, 3.05) is 26.4 Å².